The van der Waals surface area contributed by atoms with Gasteiger partial charge in [-0.05, 0) is 13.8 Å². The van der Waals surface area contributed by atoms with Gasteiger partial charge in [-0.2, -0.15) is 4.31 Å². The molecule has 0 radical (unpaired) electrons. The van der Waals surface area contributed by atoms with Gasteiger partial charge in [-0.25, -0.2) is 8.42 Å². The molecule has 0 aliphatic carbocycles. The molecule has 2 heterocycles. The van der Waals surface area contributed by atoms with E-state index in [1.165, 1.54) is 4.31 Å². The Kier molecular flexibility index (Phi) is 4.98. The van der Waals surface area contributed by atoms with Crippen LogP contribution in [0.5, 0.6) is 0 Å². The third kappa shape index (κ3) is 3.81. The highest BCUT2D eigenvalue weighted by molar-refractivity contribution is 7.89. The van der Waals surface area contributed by atoms with Gasteiger partial charge in [0.15, 0.2) is 11.5 Å². The summed E-state index contributed by atoms with van der Waals surface area (Å²) < 4.78 is 31.9. The van der Waals surface area contributed by atoms with Crippen molar-refractivity contribution in [3.05, 3.63) is 11.5 Å². The molecule has 0 spiro atoms. The largest absolute Gasteiger partial charge is 0.360 e. The first kappa shape index (κ1) is 18.1. The molecule has 0 atom stereocenters. The van der Waals surface area contributed by atoms with Crippen molar-refractivity contribution < 1.29 is 17.7 Å². The van der Waals surface area contributed by atoms with Crippen LogP contribution in [-0.2, 0) is 14.8 Å². The molecule has 1 aliphatic heterocycles. The zero-order valence-electron chi connectivity index (χ0n) is 14.4. The molecule has 2 rings (SSSR count). The summed E-state index contributed by atoms with van der Waals surface area (Å²) in [5, 5.41) is 3.72. The Labute approximate surface area is 137 Å². The number of aromatic nitrogens is 1. The molecule has 0 aromatic carbocycles. The highest BCUT2D eigenvalue weighted by Crippen LogP contribution is 2.24. The second kappa shape index (κ2) is 6.33. The number of Topliss-reactive ketones (excluding diaryl/α,β-unsaturated/α-hetero) is 1. The summed E-state index contributed by atoms with van der Waals surface area (Å²) in [5.74, 6) is 0.479. The predicted molar refractivity (Wildman–Crippen MR) is 85.6 cm³/mol. The van der Waals surface area contributed by atoms with E-state index in [1.807, 2.05) is 25.7 Å². The smallest absolute Gasteiger partial charge is 0.248 e. The van der Waals surface area contributed by atoms with E-state index in [1.54, 1.807) is 13.8 Å². The highest BCUT2D eigenvalue weighted by atomic mass is 32.2. The second-order valence-electron chi connectivity index (χ2n) is 7.01. The summed E-state index contributed by atoms with van der Waals surface area (Å²) in [4.78, 5) is 14.3. The van der Waals surface area contributed by atoms with Gasteiger partial charge in [0.2, 0.25) is 10.0 Å². The van der Waals surface area contributed by atoms with Gasteiger partial charge in [-0.3, -0.25) is 9.69 Å². The van der Waals surface area contributed by atoms with Crippen LogP contribution in [0.3, 0.4) is 0 Å². The predicted octanol–water partition coefficient (Wildman–Crippen LogP) is 1.21. The Balaban J connectivity index is 2.03. The van der Waals surface area contributed by atoms with Gasteiger partial charge in [0.1, 0.15) is 10.6 Å². The van der Waals surface area contributed by atoms with Crippen LogP contribution >= 0.6 is 0 Å². The van der Waals surface area contributed by atoms with Crippen LogP contribution in [0.1, 0.15) is 32.2 Å². The molecule has 8 heteroatoms. The van der Waals surface area contributed by atoms with Crippen molar-refractivity contribution >= 4 is 15.8 Å². The maximum absolute atomic E-state index is 12.7. The quantitative estimate of drug-likeness (QED) is 0.817. The zero-order chi connectivity index (χ0) is 17.4. The first-order valence-corrected chi connectivity index (χ1v) is 9.16. The average Bonchev–Trinajstić information content (AvgIpc) is 2.78. The number of nitrogens with zero attached hydrogens (tertiary/aromatic N) is 3. The van der Waals surface area contributed by atoms with E-state index in [2.05, 4.69) is 5.16 Å². The topological polar surface area (TPSA) is 83.7 Å². The summed E-state index contributed by atoms with van der Waals surface area (Å²) in [7, 11) is -3.59. The van der Waals surface area contributed by atoms with E-state index in [9.17, 15) is 13.2 Å². The van der Waals surface area contributed by atoms with Crippen molar-refractivity contribution in [3.8, 4) is 0 Å². The maximum atomic E-state index is 12.7. The molecule has 1 fully saturated rings. The van der Waals surface area contributed by atoms with Crippen LogP contribution in [0.15, 0.2) is 9.42 Å². The number of rotatable bonds is 4. The summed E-state index contributed by atoms with van der Waals surface area (Å²) in [6, 6.07) is 0. The Morgan fingerprint density at radius 3 is 2.17 bits per heavy atom. The molecule has 0 unspecified atom stereocenters. The lowest BCUT2D eigenvalue weighted by molar-refractivity contribution is -0.127. The van der Waals surface area contributed by atoms with E-state index in [0.29, 0.717) is 44.2 Å². The fourth-order valence-corrected chi connectivity index (χ4v) is 4.25. The third-order valence-electron chi connectivity index (χ3n) is 4.10. The minimum atomic E-state index is -3.59. The van der Waals surface area contributed by atoms with Crippen molar-refractivity contribution in [2.24, 2.45) is 5.41 Å². The number of piperazine rings is 1. The first-order valence-electron chi connectivity index (χ1n) is 7.72. The average molecular weight is 343 g/mol. The fraction of sp³-hybridized carbons (Fsp3) is 0.733. The van der Waals surface area contributed by atoms with Gasteiger partial charge in [-0.15, -0.1) is 0 Å². The van der Waals surface area contributed by atoms with Gasteiger partial charge in [0, 0.05) is 31.6 Å². The minimum Gasteiger partial charge on any atom is -0.360 e. The molecule has 1 aromatic rings. The van der Waals surface area contributed by atoms with Crippen molar-refractivity contribution in [1.82, 2.24) is 14.4 Å². The van der Waals surface area contributed by atoms with Gasteiger partial charge in [-0.1, -0.05) is 25.9 Å². The number of carbonyl (C=O) groups excluding carboxylic acids is 1. The van der Waals surface area contributed by atoms with E-state index in [-0.39, 0.29) is 16.1 Å². The summed E-state index contributed by atoms with van der Waals surface area (Å²) in [6.45, 7) is 11.1. The lowest BCUT2D eigenvalue weighted by atomic mass is 9.90. The number of aryl methyl sites for hydroxylation is 2. The molecule has 130 valence electrons. The Bertz CT molecular complexity index is 661. The number of ketones is 1. The molecular formula is C15H25N3O4S. The fourth-order valence-electron chi connectivity index (χ4n) is 2.54. The molecule has 23 heavy (non-hydrogen) atoms. The molecule has 1 saturated heterocycles. The third-order valence-corrected chi connectivity index (χ3v) is 6.24. The van der Waals surface area contributed by atoms with Crippen LogP contribution in [-0.4, -0.2) is 61.3 Å². The lowest BCUT2D eigenvalue weighted by Gasteiger charge is -2.34. The molecular weight excluding hydrogens is 318 g/mol. The highest BCUT2D eigenvalue weighted by Gasteiger charge is 2.34. The maximum Gasteiger partial charge on any atom is 0.248 e. The van der Waals surface area contributed by atoms with Gasteiger partial charge < -0.3 is 4.52 Å². The van der Waals surface area contributed by atoms with E-state index in [4.69, 9.17) is 4.52 Å². The first-order chi connectivity index (χ1) is 10.5. The van der Waals surface area contributed by atoms with E-state index >= 15 is 0 Å². The van der Waals surface area contributed by atoms with E-state index in [0.717, 1.165) is 0 Å². The molecule has 0 amide bonds. The van der Waals surface area contributed by atoms with Crippen LogP contribution in [0.4, 0.5) is 0 Å². The van der Waals surface area contributed by atoms with Crippen LogP contribution in [0, 0.1) is 19.3 Å². The van der Waals surface area contributed by atoms with Gasteiger partial charge in [0.05, 0.1) is 6.54 Å². The molecule has 0 N–H and O–H groups in total. The van der Waals surface area contributed by atoms with E-state index < -0.39 is 10.0 Å². The monoisotopic (exact) mass is 343 g/mol. The van der Waals surface area contributed by atoms with Crippen molar-refractivity contribution in [3.63, 3.8) is 0 Å². The Morgan fingerprint density at radius 2 is 1.74 bits per heavy atom. The number of hydrogen-bond acceptors (Lipinski definition) is 6. The number of carbonyl (C=O) groups is 1. The van der Waals surface area contributed by atoms with Gasteiger partial charge in [0.25, 0.3) is 0 Å². The minimum absolute atomic E-state index is 0.164. The van der Waals surface area contributed by atoms with Crippen LogP contribution < -0.4 is 0 Å². The summed E-state index contributed by atoms with van der Waals surface area (Å²) in [6.07, 6.45) is 0. The lowest BCUT2D eigenvalue weighted by Crippen LogP contribution is -2.50. The van der Waals surface area contributed by atoms with Gasteiger partial charge >= 0.3 is 0 Å². The van der Waals surface area contributed by atoms with Crippen molar-refractivity contribution in [1.29, 1.82) is 0 Å². The molecule has 7 nitrogen and oxygen atoms in total. The zero-order valence-corrected chi connectivity index (χ0v) is 15.2. The standard InChI is InChI=1S/C15H25N3O4S/c1-11-14(12(2)22-16-11)23(20,21)18-8-6-17(7-9-18)10-13(19)15(3,4)5/h6-10H2,1-5H3. The number of sulfonamides is 1. The normalized spacial score (nSPS) is 18.3. The number of hydrogen-bond donors (Lipinski definition) is 0. The molecule has 1 aromatic heterocycles. The second-order valence-corrected chi connectivity index (χ2v) is 8.88. The summed E-state index contributed by atoms with van der Waals surface area (Å²) in [5.41, 5.74) is 0.00716. The Hall–Kier alpha value is -1.25. The molecule has 1 aliphatic rings. The van der Waals surface area contributed by atoms with Crippen LogP contribution in [0.25, 0.3) is 0 Å². The molecule has 0 bridgehead atoms. The SMILES string of the molecule is Cc1noc(C)c1S(=O)(=O)N1CCN(CC(=O)C(C)(C)C)CC1. The van der Waals surface area contributed by atoms with Crippen LogP contribution in [0.2, 0.25) is 0 Å². The van der Waals surface area contributed by atoms with Crippen molar-refractivity contribution in [2.45, 2.75) is 39.5 Å². The summed E-state index contributed by atoms with van der Waals surface area (Å²) >= 11 is 0. The van der Waals surface area contributed by atoms with Crippen molar-refractivity contribution in [2.75, 3.05) is 32.7 Å². The molecule has 0 saturated carbocycles. The Morgan fingerprint density at radius 1 is 1.17 bits per heavy atom.